The van der Waals surface area contributed by atoms with E-state index in [9.17, 15) is 4.79 Å². The molecule has 27 heavy (non-hydrogen) atoms. The number of amides is 1. The lowest BCUT2D eigenvalue weighted by atomic mass is 9.48. The molecule has 6 atom stereocenters. The normalized spacial score (nSPS) is 43.3. The van der Waals surface area contributed by atoms with Gasteiger partial charge in [-0.05, 0) is 78.9 Å². The van der Waals surface area contributed by atoms with Crippen LogP contribution < -0.4 is 5.32 Å². The molecule has 1 saturated heterocycles. The Hall–Kier alpha value is -1.84. The lowest BCUT2D eigenvalue weighted by molar-refractivity contribution is -0.113. The van der Waals surface area contributed by atoms with Crippen LogP contribution in [0.1, 0.15) is 57.9 Å². The van der Waals surface area contributed by atoms with Crippen molar-refractivity contribution in [2.24, 2.45) is 28.6 Å². The lowest BCUT2D eigenvalue weighted by Gasteiger charge is -2.57. The van der Waals surface area contributed by atoms with Gasteiger partial charge in [-0.15, -0.1) is 0 Å². The lowest BCUT2D eigenvalue weighted by Crippen LogP contribution is -2.53. The molecule has 0 radical (unpaired) electrons. The second-order valence-electron chi connectivity index (χ2n) is 9.58. The van der Waals surface area contributed by atoms with E-state index in [1.165, 1.54) is 36.8 Å². The summed E-state index contributed by atoms with van der Waals surface area (Å²) in [6.45, 7) is 5.63. The zero-order valence-electron chi connectivity index (χ0n) is 16.4. The minimum atomic E-state index is -0.218. The fraction of sp³-hybridized carbons (Fsp3) is 0.652. The Morgan fingerprint density at radius 3 is 2.89 bits per heavy atom. The third kappa shape index (κ3) is 2.48. The fourth-order valence-corrected chi connectivity index (χ4v) is 7.10. The Morgan fingerprint density at radius 1 is 1.19 bits per heavy atom. The number of rotatable bonds is 1. The van der Waals surface area contributed by atoms with Crippen LogP contribution >= 0.6 is 0 Å². The van der Waals surface area contributed by atoms with Gasteiger partial charge in [-0.3, -0.25) is 4.98 Å². The number of hydrogen-bond acceptors (Lipinski definition) is 3. The number of alkyl carbamates (subject to hydrolysis) is 1. The molecule has 1 aliphatic heterocycles. The van der Waals surface area contributed by atoms with Crippen LogP contribution in [0.3, 0.4) is 0 Å². The van der Waals surface area contributed by atoms with Crippen molar-refractivity contribution < 1.29 is 9.53 Å². The van der Waals surface area contributed by atoms with Gasteiger partial charge in [0.2, 0.25) is 0 Å². The Morgan fingerprint density at radius 2 is 2.07 bits per heavy atom. The molecule has 4 nitrogen and oxygen atoms in total. The Kier molecular flexibility index (Phi) is 3.89. The smallest absolute Gasteiger partial charge is 0.407 e. The van der Waals surface area contributed by atoms with E-state index in [0.717, 1.165) is 25.3 Å². The van der Waals surface area contributed by atoms with E-state index in [1.54, 1.807) is 0 Å². The standard InChI is InChI=1S/C23H30N2O2/c1-22-10-9-19-16(5-8-20-23(19,2)11-13-25-21(26)27-20)18(22)7-6-17(22)15-4-3-12-24-14-15/h3-4,6,12,14,16,18-20H,5,7-11,13H2,1-2H3,(H,25,26)/t16-,18-,19-,20?,22+,23+/m0/s1. The Balaban J connectivity index is 1.45. The molecule has 0 spiro atoms. The van der Waals surface area contributed by atoms with Gasteiger partial charge in [0.1, 0.15) is 6.10 Å². The van der Waals surface area contributed by atoms with Crippen LogP contribution in [-0.4, -0.2) is 23.7 Å². The number of nitrogens with one attached hydrogen (secondary N) is 1. The molecule has 0 bridgehead atoms. The van der Waals surface area contributed by atoms with Crippen molar-refractivity contribution in [2.45, 2.75) is 58.5 Å². The highest BCUT2D eigenvalue weighted by Gasteiger charge is 2.59. The highest BCUT2D eigenvalue weighted by Crippen LogP contribution is 2.65. The van der Waals surface area contributed by atoms with Gasteiger partial charge in [0.15, 0.2) is 0 Å². The number of allylic oxidation sites excluding steroid dienone is 2. The number of hydrogen-bond donors (Lipinski definition) is 1. The average Bonchev–Trinajstić information content (AvgIpc) is 2.93. The molecule has 4 heteroatoms. The summed E-state index contributed by atoms with van der Waals surface area (Å²) in [4.78, 5) is 16.3. The fourth-order valence-electron chi connectivity index (χ4n) is 7.10. The van der Waals surface area contributed by atoms with Crippen molar-refractivity contribution in [1.29, 1.82) is 0 Å². The molecule has 1 unspecified atom stereocenters. The number of ether oxygens (including phenoxy) is 1. The third-order valence-electron chi connectivity index (χ3n) is 8.52. The maximum atomic E-state index is 11.9. The summed E-state index contributed by atoms with van der Waals surface area (Å²) >= 11 is 0. The predicted molar refractivity (Wildman–Crippen MR) is 105 cm³/mol. The Labute approximate surface area is 161 Å². The molecule has 1 aromatic heterocycles. The first-order valence-electron chi connectivity index (χ1n) is 10.6. The molecule has 3 aliphatic carbocycles. The summed E-state index contributed by atoms with van der Waals surface area (Å²) in [6.07, 6.45) is 13.1. The van der Waals surface area contributed by atoms with Crippen LogP contribution in [0.2, 0.25) is 0 Å². The number of carbonyl (C=O) groups is 1. The van der Waals surface area contributed by atoms with Gasteiger partial charge in [0.05, 0.1) is 0 Å². The van der Waals surface area contributed by atoms with Crippen LogP contribution in [0.25, 0.3) is 5.57 Å². The van der Waals surface area contributed by atoms with Crippen molar-refractivity contribution in [3.63, 3.8) is 0 Å². The molecule has 4 aliphatic rings. The van der Waals surface area contributed by atoms with E-state index in [2.05, 4.69) is 42.4 Å². The first kappa shape index (κ1) is 17.3. The van der Waals surface area contributed by atoms with Crippen molar-refractivity contribution in [3.8, 4) is 0 Å². The molecule has 2 heterocycles. The van der Waals surface area contributed by atoms with Crippen LogP contribution in [0.4, 0.5) is 4.79 Å². The molecule has 1 N–H and O–H groups in total. The largest absolute Gasteiger partial charge is 0.446 e. The van der Waals surface area contributed by atoms with Crippen molar-refractivity contribution in [1.82, 2.24) is 10.3 Å². The summed E-state index contributed by atoms with van der Waals surface area (Å²) in [5.74, 6) is 2.09. The molecule has 144 valence electrons. The van der Waals surface area contributed by atoms with E-state index in [-0.39, 0.29) is 23.0 Å². The first-order chi connectivity index (χ1) is 13.0. The number of pyridine rings is 1. The Bertz CT molecular complexity index is 776. The van der Waals surface area contributed by atoms with Crippen molar-refractivity contribution in [2.75, 3.05) is 6.54 Å². The summed E-state index contributed by atoms with van der Waals surface area (Å²) < 4.78 is 5.82. The van der Waals surface area contributed by atoms with E-state index in [1.807, 2.05) is 12.4 Å². The van der Waals surface area contributed by atoms with Crippen LogP contribution in [0.5, 0.6) is 0 Å². The second kappa shape index (κ2) is 6.08. The third-order valence-corrected chi connectivity index (χ3v) is 8.52. The maximum Gasteiger partial charge on any atom is 0.407 e. The minimum Gasteiger partial charge on any atom is -0.446 e. The summed E-state index contributed by atoms with van der Waals surface area (Å²) in [6, 6.07) is 4.27. The highest BCUT2D eigenvalue weighted by molar-refractivity contribution is 5.72. The molecular weight excluding hydrogens is 336 g/mol. The van der Waals surface area contributed by atoms with Gasteiger partial charge in [0, 0.05) is 24.4 Å². The van der Waals surface area contributed by atoms with E-state index in [4.69, 9.17) is 4.74 Å². The number of fused-ring (bicyclic) bond motifs is 5. The van der Waals surface area contributed by atoms with Crippen molar-refractivity contribution in [3.05, 3.63) is 36.2 Å². The molecule has 0 aromatic carbocycles. The zero-order valence-corrected chi connectivity index (χ0v) is 16.4. The second-order valence-corrected chi connectivity index (χ2v) is 9.58. The average molecular weight is 367 g/mol. The van der Waals surface area contributed by atoms with Crippen LogP contribution in [0.15, 0.2) is 30.6 Å². The quantitative estimate of drug-likeness (QED) is 0.775. The molecule has 2 saturated carbocycles. The van der Waals surface area contributed by atoms with E-state index in [0.29, 0.717) is 11.8 Å². The molecule has 3 fully saturated rings. The monoisotopic (exact) mass is 366 g/mol. The van der Waals surface area contributed by atoms with Gasteiger partial charge in [-0.2, -0.15) is 0 Å². The maximum absolute atomic E-state index is 11.9. The number of aromatic nitrogens is 1. The minimum absolute atomic E-state index is 0.0813. The van der Waals surface area contributed by atoms with Gasteiger partial charge in [-0.25, -0.2) is 4.79 Å². The molecule has 1 aromatic rings. The topological polar surface area (TPSA) is 51.2 Å². The SMILES string of the molecule is C[C@]12CCNC(=O)OC1CC[C@@H]1[C@@H]2CC[C@]2(C)C(c3cccnc3)=CC[C@@H]12. The van der Waals surface area contributed by atoms with E-state index < -0.39 is 0 Å². The summed E-state index contributed by atoms with van der Waals surface area (Å²) in [7, 11) is 0. The number of nitrogens with zero attached hydrogens (tertiary/aromatic N) is 1. The van der Waals surface area contributed by atoms with Gasteiger partial charge < -0.3 is 10.1 Å². The van der Waals surface area contributed by atoms with E-state index >= 15 is 0 Å². The predicted octanol–water partition coefficient (Wildman–Crippen LogP) is 4.82. The zero-order chi connectivity index (χ0) is 18.6. The van der Waals surface area contributed by atoms with Gasteiger partial charge in [-0.1, -0.05) is 26.0 Å². The number of carbonyl (C=O) groups excluding carboxylic acids is 1. The molecule has 1 amide bonds. The van der Waals surface area contributed by atoms with Crippen LogP contribution in [-0.2, 0) is 4.74 Å². The van der Waals surface area contributed by atoms with Gasteiger partial charge in [0.25, 0.3) is 0 Å². The first-order valence-corrected chi connectivity index (χ1v) is 10.6. The van der Waals surface area contributed by atoms with Crippen LogP contribution in [0, 0.1) is 28.6 Å². The van der Waals surface area contributed by atoms with Gasteiger partial charge >= 0.3 is 6.09 Å². The molecular formula is C23H30N2O2. The highest BCUT2D eigenvalue weighted by atomic mass is 16.6. The van der Waals surface area contributed by atoms with Crippen molar-refractivity contribution >= 4 is 11.7 Å². The summed E-state index contributed by atoms with van der Waals surface area (Å²) in [5.41, 5.74) is 3.18. The summed E-state index contributed by atoms with van der Waals surface area (Å²) in [5, 5.41) is 2.93. The molecule has 5 rings (SSSR count).